The van der Waals surface area contributed by atoms with Crippen LogP contribution in [0.2, 0.25) is 0 Å². The molecule has 1 aliphatic rings. The number of para-hydroxylation sites is 1. The minimum Gasteiger partial charge on any atom is -0.355 e. The number of amides is 3. The van der Waals surface area contributed by atoms with Crippen molar-refractivity contribution in [1.29, 1.82) is 0 Å². The smallest absolute Gasteiger partial charge is 0.251 e. The van der Waals surface area contributed by atoms with Gasteiger partial charge in [-0.25, -0.2) is 0 Å². The Hall–Kier alpha value is -2.80. The maximum Gasteiger partial charge on any atom is 0.251 e. The molecule has 2 aromatic rings. The van der Waals surface area contributed by atoms with Crippen LogP contribution in [0.25, 0.3) is 0 Å². The van der Waals surface area contributed by atoms with Crippen molar-refractivity contribution >= 4 is 40.9 Å². The van der Waals surface area contributed by atoms with Crippen LogP contribution >= 0.6 is 11.8 Å². The predicted molar refractivity (Wildman–Crippen MR) is 107 cm³/mol. The summed E-state index contributed by atoms with van der Waals surface area (Å²) in [7, 11) is 1.57. The Balaban J connectivity index is 1.68. The molecule has 0 fully saturated rings. The molecule has 0 bridgehead atoms. The van der Waals surface area contributed by atoms with E-state index in [1.54, 1.807) is 37.1 Å². The largest absolute Gasteiger partial charge is 0.355 e. The average molecular weight is 383 g/mol. The van der Waals surface area contributed by atoms with Crippen LogP contribution < -0.4 is 15.5 Å². The fourth-order valence-electron chi connectivity index (χ4n) is 2.98. The molecule has 6 nitrogen and oxygen atoms in total. The summed E-state index contributed by atoms with van der Waals surface area (Å²) in [5, 5.41) is 5.43. The summed E-state index contributed by atoms with van der Waals surface area (Å²) in [6.07, 6.45) is 0.175. The van der Waals surface area contributed by atoms with Gasteiger partial charge in [-0.05, 0) is 36.8 Å². The number of nitrogens with zero attached hydrogens (tertiary/aromatic N) is 1. The molecule has 3 rings (SSSR count). The van der Waals surface area contributed by atoms with E-state index in [1.807, 2.05) is 24.3 Å². The number of rotatable bonds is 5. The van der Waals surface area contributed by atoms with E-state index in [9.17, 15) is 14.4 Å². The number of carbonyl (C=O) groups excluding carboxylic acids is 3. The molecule has 0 unspecified atom stereocenters. The van der Waals surface area contributed by atoms with Crippen LogP contribution in [0.4, 0.5) is 11.4 Å². The SMILES string of the molecule is CNC(=O)c1cccc(NC(=O)CCN2C(=O)CSc3ccccc32)c1C. The highest BCUT2D eigenvalue weighted by atomic mass is 32.2. The molecule has 0 saturated heterocycles. The van der Waals surface area contributed by atoms with Crippen molar-refractivity contribution in [1.82, 2.24) is 5.32 Å². The Labute approximate surface area is 162 Å². The van der Waals surface area contributed by atoms with Crippen molar-refractivity contribution in [2.75, 3.05) is 29.6 Å². The molecule has 1 heterocycles. The molecule has 0 radical (unpaired) electrons. The molecule has 0 aromatic heterocycles. The first-order valence-corrected chi connectivity index (χ1v) is 9.63. The molecular formula is C20H21N3O3S. The maximum atomic E-state index is 12.4. The van der Waals surface area contributed by atoms with Crippen molar-refractivity contribution < 1.29 is 14.4 Å². The number of benzene rings is 2. The number of carbonyl (C=O) groups is 3. The van der Waals surface area contributed by atoms with Crippen LogP contribution in [0.5, 0.6) is 0 Å². The zero-order chi connectivity index (χ0) is 19.4. The number of hydrogen-bond acceptors (Lipinski definition) is 4. The summed E-state index contributed by atoms with van der Waals surface area (Å²) in [4.78, 5) is 39.3. The quantitative estimate of drug-likeness (QED) is 0.832. The normalized spacial score (nSPS) is 13.1. The first kappa shape index (κ1) is 19.0. The minimum absolute atomic E-state index is 0.00398. The van der Waals surface area contributed by atoms with Crippen LogP contribution in [0, 0.1) is 6.92 Å². The molecule has 0 saturated carbocycles. The first-order valence-electron chi connectivity index (χ1n) is 8.65. The Morgan fingerprint density at radius 1 is 1.15 bits per heavy atom. The van der Waals surface area contributed by atoms with Gasteiger partial charge in [0.15, 0.2) is 0 Å². The van der Waals surface area contributed by atoms with Crippen LogP contribution in [0.1, 0.15) is 22.3 Å². The van der Waals surface area contributed by atoms with Crippen LogP contribution in [-0.4, -0.2) is 37.1 Å². The molecular weight excluding hydrogens is 362 g/mol. The van der Waals surface area contributed by atoms with E-state index >= 15 is 0 Å². The summed E-state index contributed by atoms with van der Waals surface area (Å²) >= 11 is 1.52. The highest BCUT2D eigenvalue weighted by Crippen LogP contribution is 2.34. The van der Waals surface area contributed by atoms with E-state index in [-0.39, 0.29) is 24.1 Å². The third-order valence-corrected chi connectivity index (χ3v) is 5.50. The molecule has 0 aliphatic carbocycles. The van der Waals surface area contributed by atoms with Gasteiger partial charge in [0.05, 0.1) is 11.4 Å². The number of anilines is 2. The van der Waals surface area contributed by atoms with E-state index < -0.39 is 0 Å². The fourth-order valence-corrected chi connectivity index (χ4v) is 3.91. The van der Waals surface area contributed by atoms with Gasteiger partial charge in [0.25, 0.3) is 5.91 Å². The van der Waals surface area contributed by atoms with E-state index in [2.05, 4.69) is 10.6 Å². The Morgan fingerprint density at radius 2 is 1.93 bits per heavy atom. The van der Waals surface area contributed by atoms with E-state index in [1.165, 1.54) is 11.8 Å². The van der Waals surface area contributed by atoms with Crippen molar-refractivity contribution in [2.45, 2.75) is 18.2 Å². The monoisotopic (exact) mass is 383 g/mol. The van der Waals surface area contributed by atoms with Gasteiger partial charge in [-0.1, -0.05) is 18.2 Å². The third-order valence-electron chi connectivity index (χ3n) is 4.45. The van der Waals surface area contributed by atoms with Crippen molar-refractivity contribution in [3.63, 3.8) is 0 Å². The fraction of sp³-hybridized carbons (Fsp3) is 0.250. The lowest BCUT2D eigenvalue weighted by atomic mass is 10.1. The topological polar surface area (TPSA) is 78.5 Å². The molecule has 2 N–H and O–H groups in total. The second kappa shape index (κ2) is 8.26. The Morgan fingerprint density at radius 3 is 2.70 bits per heavy atom. The lowest BCUT2D eigenvalue weighted by Crippen LogP contribution is -2.37. The number of fused-ring (bicyclic) bond motifs is 1. The minimum atomic E-state index is -0.198. The van der Waals surface area contributed by atoms with Gasteiger partial charge in [-0.3, -0.25) is 14.4 Å². The highest BCUT2D eigenvalue weighted by molar-refractivity contribution is 8.00. The summed E-state index contributed by atoms with van der Waals surface area (Å²) in [5.74, 6) is -0.0112. The number of nitrogens with one attached hydrogen (secondary N) is 2. The zero-order valence-corrected chi connectivity index (χ0v) is 16.1. The second-order valence-electron chi connectivity index (χ2n) is 6.16. The predicted octanol–water partition coefficient (Wildman–Crippen LogP) is 2.82. The van der Waals surface area contributed by atoms with E-state index in [4.69, 9.17) is 0 Å². The van der Waals surface area contributed by atoms with Gasteiger partial charge in [-0.2, -0.15) is 0 Å². The van der Waals surface area contributed by atoms with Gasteiger partial charge in [0.1, 0.15) is 0 Å². The van der Waals surface area contributed by atoms with E-state index in [0.717, 1.165) is 10.6 Å². The molecule has 2 aromatic carbocycles. The zero-order valence-electron chi connectivity index (χ0n) is 15.2. The van der Waals surface area contributed by atoms with Gasteiger partial charge in [-0.15, -0.1) is 11.8 Å². The van der Waals surface area contributed by atoms with Gasteiger partial charge in [0.2, 0.25) is 11.8 Å². The second-order valence-corrected chi connectivity index (χ2v) is 7.17. The van der Waals surface area contributed by atoms with Gasteiger partial charge >= 0.3 is 0 Å². The summed E-state index contributed by atoms with van der Waals surface area (Å²) in [5.41, 5.74) is 2.68. The van der Waals surface area contributed by atoms with Crippen molar-refractivity contribution in [3.05, 3.63) is 53.6 Å². The number of thioether (sulfide) groups is 1. The lowest BCUT2D eigenvalue weighted by molar-refractivity contribution is -0.117. The third kappa shape index (κ3) is 4.14. The molecule has 27 heavy (non-hydrogen) atoms. The molecule has 7 heteroatoms. The van der Waals surface area contributed by atoms with Crippen LogP contribution in [0.3, 0.4) is 0 Å². The summed E-state index contributed by atoms with van der Waals surface area (Å²) in [6, 6.07) is 12.9. The van der Waals surface area contributed by atoms with E-state index in [0.29, 0.717) is 29.1 Å². The number of hydrogen-bond donors (Lipinski definition) is 2. The van der Waals surface area contributed by atoms with Crippen molar-refractivity contribution in [2.24, 2.45) is 0 Å². The average Bonchev–Trinajstić information content (AvgIpc) is 2.68. The van der Waals surface area contributed by atoms with Gasteiger partial charge in [0, 0.05) is 36.2 Å². The maximum absolute atomic E-state index is 12.4. The molecule has 0 atom stereocenters. The molecule has 3 amide bonds. The lowest BCUT2D eigenvalue weighted by Gasteiger charge is -2.28. The molecule has 1 aliphatic heterocycles. The van der Waals surface area contributed by atoms with Gasteiger partial charge < -0.3 is 15.5 Å². The highest BCUT2D eigenvalue weighted by Gasteiger charge is 2.24. The van der Waals surface area contributed by atoms with Crippen LogP contribution in [0.15, 0.2) is 47.4 Å². The molecule has 140 valence electrons. The summed E-state index contributed by atoms with van der Waals surface area (Å²) in [6.45, 7) is 2.11. The summed E-state index contributed by atoms with van der Waals surface area (Å²) < 4.78 is 0. The standard InChI is InChI=1S/C20H21N3O3S/c1-13-14(20(26)21-2)6-5-7-15(13)22-18(24)10-11-23-16-8-3-4-9-17(16)27-12-19(23)25/h3-9H,10-12H2,1-2H3,(H,21,26)(H,22,24). The van der Waals surface area contributed by atoms with Crippen LogP contribution in [-0.2, 0) is 9.59 Å². The Bertz CT molecular complexity index is 898. The molecule has 0 spiro atoms. The van der Waals surface area contributed by atoms with Crippen molar-refractivity contribution in [3.8, 4) is 0 Å². The Kier molecular flexibility index (Phi) is 5.81. The first-order chi connectivity index (χ1) is 13.0.